The topological polar surface area (TPSA) is 0 Å². The number of hydrogen-bond acceptors (Lipinski definition) is 0. The van der Waals surface area contributed by atoms with Crippen molar-refractivity contribution in [2.75, 3.05) is 5.88 Å². The quantitative estimate of drug-likeness (QED) is 0.146. The molecule has 0 nitrogen and oxygen atoms in total. The monoisotopic (exact) mass is 458 g/mol. The summed E-state index contributed by atoms with van der Waals surface area (Å²) < 4.78 is 0. The van der Waals surface area contributed by atoms with E-state index in [9.17, 15) is 0 Å². The normalized spacial score (nSPS) is 12.4. The molecule has 0 bridgehead atoms. The van der Waals surface area contributed by atoms with E-state index < -0.39 is 8.07 Å². The maximum absolute atomic E-state index is 6.94. The van der Waals surface area contributed by atoms with Crippen molar-refractivity contribution >= 4 is 35.2 Å². The summed E-state index contributed by atoms with van der Waals surface area (Å²) in [5.74, 6) is 0.991. The molecule has 32 heavy (non-hydrogen) atoms. The van der Waals surface area contributed by atoms with Crippen molar-refractivity contribution in [3.63, 3.8) is 0 Å². The number of rotatable bonds is 9. The van der Waals surface area contributed by atoms with E-state index in [1.807, 2.05) is 0 Å². The Kier molecular flexibility index (Phi) is 8.73. The summed E-state index contributed by atoms with van der Waals surface area (Å²) in [4.78, 5) is 0. The van der Waals surface area contributed by atoms with Gasteiger partial charge in [0, 0.05) is 5.88 Å². The maximum Gasteiger partial charge on any atom is 0.176 e. The lowest BCUT2D eigenvalue weighted by Crippen LogP contribution is -2.69. The first-order valence-corrected chi connectivity index (χ1v) is 14.1. The Balaban J connectivity index is 2.42. The van der Waals surface area contributed by atoms with Gasteiger partial charge in [0.25, 0.3) is 0 Å². The third kappa shape index (κ3) is 5.17. The molecule has 0 aliphatic heterocycles. The maximum atomic E-state index is 6.94. The average Bonchev–Trinajstić information content (AvgIpc) is 2.82. The molecule has 3 aromatic rings. The molecular formula is C30H35ClSi. The lowest BCUT2D eigenvalue weighted by Gasteiger charge is -2.38. The molecule has 0 unspecified atom stereocenters. The zero-order valence-corrected chi connectivity index (χ0v) is 21.6. The number of halogens is 1. The van der Waals surface area contributed by atoms with E-state index in [1.165, 1.54) is 31.9 Å². The molecule has 2 heteroatoms. The molecule has 0 aliphatic rings. The Bertz CT molecular complexity index is 933. The number of allylic oxidation sites excluding steroid dienone is 4. The SMILES string of the molecule is CC(C)=CCC/C(=C(\CCl)[Si](c1ccccc1)(c1ccccc1)c1ccccc1)C(C)C. The van der Waals surface area contributed by atoms with Crippen LogP contribution in [0.1, 0.15) is 40.5 Å². The second-order valence-electron chi connectivity index (χ2n) is 8.96. The van der Waals surface area contributed by atoms with Crippen molar-refractivity contribution in [2.45, 2.75) is 40.5 Å². The van der Waals surface area contributed by atoms with Crippen LogP contribution in [-0.2, 0) is 0 Å². The Morgan fingerprint density at radius 2 is 1.16 bits per heavy atom. The van der Waals surface area contributed by atoms with Crippen LogP contribution in [0.4, 0.5) is 0 Å². The van der Waals surface area contributed by atoms with Crippen molar-refractivity contribution in [2.24, 2.45) is 5.92 Å². The van der Waals surface area contributed by atoms with Crippen molar-refractivity contribution < 1.29 is 0 Å². The van der Waals surface area contributed by atoms with Gasteiger partial charge in [0.05, 0.1) is 0 Å². The van der Waals surface area contributed by atoms with Gasteiger partial charge in [-0.3, -0.25) is 0 Å². The van der Waals surface area contributed by atoms with Crippen molar-refractivity contribution in [1.29, 1.82) is 0 Å². The molecule has 0 radical (unpaired) electrons. The lowest BCUT2D eigenvalue weighted by molar-refractivity contribution is 0.708. The van der Waals surface area contributed by atoms with E-state index in [0.29, 0.717) is 11.8 Å². The highest BCUT2D eigenvalue weighted by atomic mass is 35.5. The molecule has 0 fully saturated rings. The second-order valence-corrected chi connectivity index (χ2v) is 13.1. The molecule has 3 aromatic carbocycles. The van der Waals surface area contributed by atoms with Crippen LogP contribution in [-0.4, -0.2) is 14.0 Å². The summed E-state index contributed by atoms with van der Waals surface area (Å²) in [6, 6.07) is 33.3. The van der Waals surface area contributed by atoms with Gasteiger partial charge in [0.1, 0.15) is 0 Å². The van der Waals surface area contributed by atoms with E-state index in [2.05, 4.69) is 125 Å². The minimum absolute atomic E-state index is 0.442. The minimum Gasteiger partial charge on any atom is -0.122 e. The number of hydrogen-bond donors (Lipinski definition) is 0. The number of alkyl halides is 1. The highest BCUT2D eigenvalue weighted by Gasteiger charge is 2.43. The Morgan fingerprint density at radius 3 is 1.47 bits per heavy atom. The van der Waals surface area contributed by atoms with Crippen LogP contribution in [0.5, 0.6) is 0 Å². The summed E-state index contributed by atoms with van der Waals surface area (Å²) in [6.45, 7) is 9.01. The molecule has 0 heterocycles. The van der Waals surface area contributed by atoms with Gasteiger partial charge in [0.2, 0.25) is 0 Å². The molecule has 3 rings (SSSR count). The van der Waals surface area contributed by atoms with E-state index in [0.717, 1.165) is 12.8 Å². The average molecular weight is 459 g/mol. The van der Waals surface area contributed by atoms with Gasteiger partial charge in [-0.2, -0.15) is 0 Å². The smallest absolute Gasteiger partial charge is 0.122 e. The van der Waals surface area contributed by atoms with Crippen LogP contribution >= 0.6 is 11.6 Å². The van der Waals surface area contributed by atoms with Crippen molar-refractivity contribution in [3.8, 4) is 0 Å². The summed E-state index contributed by atoms with van der Waals surface area (Å²) in [5.41, 5.74) is 2.89. The molecule has 0 saturated carbocycles. The van der Waals surface area contributed by atoms with Crippen LogP contribution in [0.3, 0.4) is 0 Å². The van der Waals surface area contributed by atoms with Gasteiger partial charge in [-0.1, -0.05) is 127 Å². The molecule has 0 amide bonds. The third-order valence-corrected chi connectivity index (χ3v) is 11.8. The van der Waals surface area contributed by atoms with Gasteiger partial charge in [-0.05, 0) is 48.2 Å². The molecular weight excluding hydrogens is 424 g/mol. The molecule has 166 valence electrons. The highest BCUT2D eigenvalue weighted by molar-refractivity contribution is 7.16. The lowest BCUT2D eigenvalue weighted by atomic mass is 9.97. The van der Waals surface area contributed by atoms with Gasteiger partial charge in [-0.15, -0.1) is 11.6 Å². The first-order chi connectivity index (χ1) is 15.5. The second kappa shape index (κ2) is 11.5. The zero-order valence-electron chi connectivity index (χ0n) is 19.8. The van der Waals surface area contributed by atoms with Crippen LogP contribution in [0.25, 0.3) is 0 Å². The molecule has 0 saturated heterocycles. The van der Waals surface area contributed by atoms with Crippen molar-refractivity contribution in [3.05, 3.63) is 113 Å². The van der Waals surface area contributed by atoms with Gasteiger partial charge in [-0.25, -0.2) is 0 Å². The van der Waals surface area contributed by atoms with Crippen LogP contribution in [0.15, 0.2) is 113 Å². The first-order valence-electron chi connectivity index (χ1n) is 11.6. The predicted octanol–water partition coefficient (Wildman–Crippen LogP) is 6.63. The first kappa shape index (κ1) is 24.3. The minimum atomic E-state index is -2.53. The van der Waals surface area contributed by atoms with Gasteiger partial charge < -0.3 is 0 Å². The molecule has 0 aromatic heterocycles. The van der Waals surface area contributed by atoms with Gasteiger partial charge >= 0.3 is 0 Å². The van der Waals surface area contributed by atoms with Crippen LogP contribution in [0, 0.1) is 5.92 Å². The summed E-state index contributed by atoms with van der Waals surface area (Å²) in [6.07, 6.45) is 4.45. The fourth-order valence-corrected chi connectivity index (χ4v) is 10.8. The van der Waals surface area contributed by atoms with E-state index >= 15 is 0 Å². The van der Waals surface area contributed by atoms with Crippen LogP contribution < -0.4 is 15.6 Å². The van der Waals surface area contributed by atoms with E-state index in [1.54, 1.807) is 0 Å². The highest BCUT2D eigenvalue weighted by Crippen LogP contribution is 2.29. The molecule has 0 atom stereocenters. The third-order valence-electron chi connectivity index (χ3n) is 6.26. The zero-order chi connectivity index (χ0) is 23.0. The summed E-state index contributed by atoms with van der Waals surface area (Å²) in [5, 5.41) is 5.63. The molecule has 0 aliphatic carbocycles. The molecule has 0 spiro atoms. The summed E-state index contributed by atoms with van der Waals surface area (Å²) >= 11 is 6.94. The van der Waals surface area contributed by atoms with E-state index in [4.69, 9.17) is 11.6 Å². The Morgan fingerprint density at radius 1 is 0.750 bits per heavy atom. The molecule has 0 N–H and O–H groups in total. The number of benzene rings is 3. The summed E-state index contributed by atoms with van der Waals surface area (Å²) in [7, 11) is -2.53. The van der Waals surface area contributed by atoms with Crippen LogP contribution in [0.2, 0.25) is 0 Å². The largest absolute Gasteiger partial charge is 0.176 e. The standard InChI is InChI=1S/C30H35ClSi/c1-24(2)15-14-22-29(25(3)4)30(23-31)32(26-16-8-5-9-17-26,27-18-10-6-11-19-27)28-20-12-7-13-21-28/h5-13,15-21,25H,14,22-23H2,1-4H3/b30-29-. The fourth-order valence-electron chi connectivity index (χ4n) is 4.82. The Labute approximate surface area is 200 Å². The van der Waals surface area contributed by atoms with Gasteiger partial charge in [0.15, 0.2) is 8.07 Å². The van der Waals surface area contributed by atoms with Crippen molar-refractivity contribution in [1.82, 2.24) is 0 Å². The predicted molar refractivity (Wildman–Crippen MR) is 145 cm³/mol. The fraction of sp³-hybridized carbons (Fsp3) is 0.267. The van der Waals surface area contributed by atoms with E-state index in [-0.39, 0.29) is 0 Å². The Hall–Kier alpha value is -2.35.